The molecule has 0 aliphatic carbocycles. The van der Waals surface area contributed by atoms with Crippen LogP contribution in [0.3, 0.4) is 0 Å². The molecule has 0 N–H and O–H groups in total. The molecule has 0 fully saturated rings. The second-order valence-corrected chi connectivity index (χ2v) is 5.17. The highest BCUT2D eigenvalue weighted by atomic mass is 15.4. The normalized spacial score (nSPS) is 12.5. The van der Waals surface area contributed by atoms with Crippen LogP contribution in [-0.4, -0.2) is 34.7 Å². The summed E-state index contributed by atoms with van der Waals surface area (Å²) >= 11 is 0. The van der Waals surface area contributed by atoms with E-state index in [2.05, 4.69) is 45.3 Å². The van der Waals surface area contributed by atoms with Crippen LogP contribution in [0.15, 0.2) is 31.0 Å². The van der Waals surface area contributed by atoms with Crippen LogP contribution in [0.25, 0.3) is 11.3 Å². The molecule has 0 spiro atoms. The Morgan fingerprint density at radius 3 is 2.62 bits per heavy atom. The second-order valence-electron chi connectivity index (χ2n) is 5.17. The molecule has 3 heterocycles. The van der Waals surface area contributed by atoms with Crippen LogP contribution in [0.4, 0.5) is 0 Å². The molecule has 0 radical (unpaired) electrons. The van der Waals surface area contributed by atoms with Gasteiger partial charge in [-0.15, -0.1) is 5.10 Å². The van der Waals surface area contributed by atoms with Crippen molar-refractivity contribution in [3.05, 3.63) is 42.4 Å². The van der Waals surface area contributed by atoms with E-state index in [0.717, 1.165) is 29.2 Å². The van der Waals surface area contributed by atoms with Gasteiger partial charge in [0, 0.05) is 23.7 Å². The minimum absolute atomic E-state index is 0.161. The van der Waals surface area contributed by atoms with Gasteiger partial charge in [0.05, 0.1) is 24.5 Å². The van der Waals surface area contributed by atoms with Crippen LogP contribution in [0.2, 0.25) is 0 Å². The highest BCUT2D eigenvalue weighted by Gasteiger charge is 2.12. The topological polar surface area (TPSA) is 74.3 Å². The molecule has 0 amide bonds. The zero-order chi connectivity index (χ0) is 14.8. The summed E-state index contributed by atoms with van der Waals surface area (Å²) in [6.07, 6.45) is 6.87. The zero-order valence-corrected chi connectivity index (χ0v) is 12.3. The molecule has 3 rings (SSSR count). The van der Waals surface area contributed by atoms with E-state index >= 15 is 0 Å². The van der Waals surface area contributed by atoms with E-state index < -0.39 is 0 Å². The van der Waals surface area contributed by atoms with Crippen LogP contribution >= 0.6 is 0 Å². The molecule has 0 saturated carbocycles. The van der Waals surface area contributed by atoms with Crippen LogP contribution in [0.5, 0.6) is 0 Å². The first-order valence-electron chi connectivity index (χ1n) is 6.82. The van der Waals surface area contributed by atoms with Gasteiger partial charge in [-0.2, -0.15) is 5.10 Å². The summed E-state index contributed by atoms with van der Waals surface area (Å²) in [6.45, 7) is 6.90. The highest BCUT2D eigenvalue weighted by Crippen LogP contribution is 2.16. The van der Waals surface area contributed by atoms with Crippen LogP contribution in [0.1, 0.15) is 24.4 Å². The van der Waals surface area contributed by atoms with Crippen molar-refractivity contribution in [2.45, 2.75) is 33.4 Å². The van der Waals surface area contributed by atoms with Crippen molar-refractivity contribution in [3.8, 4) is 11.3 Å². The Morgan fingerprint density at radius 2 is 1.95 bits per heavy atom. The van der Waals surface area contributed by atoms with E-state index in [1.165, 1.54) is 6.33 Å². The molecule has 1 unspecified atom stereocenters. The van der Waals surface area contributed by atoms with Crippen LogP contribution in [0, 0.1) is 13.8 Å². The number of aryl methyl sites for hydroxylation is 2. The number of rotatable bonds is 4. The number of hydrogen-bond donors (Lipinski definition) is 0. The van der Waals surface area contributed by atoms with Gasteiger partial charge in [-0.05, 0) is 26.8 Å². The van der Waals surface area contributed by atoms with Gasteiger partial charge in [0.1, 0.15) is 12.0 Å². The van der Waals surface area contributed by atoms with Crippen molar-refractivity contribution in [1.29, 1.82) is 0 Å². The van der Waals surface area contributed by atoms with Gasteiger partial charge in [-0.3, -0.25) is 4.68 Å². The third kappa shape index (κ3) is 2.81. The SMILES string of the molecule is Cc1cc(C)n(CC(C)n2cc(-c3cncnc3)nn2)n1. The Bertz CT molecular complexity index is 729. The van der Waals surface area contributed by atoms with Crippen molar-refractivity contribution in [3.63, 3.8) is 0 Å². The maximum absolute atomic E-state index is 4.48. The third-order valence-corrected chi connectivity index (χ3v) is 3.36. The minimum atomic E-state index is 0.161. The van der Waals surface area contributed by atoms with Gasteiger partial charge < -0.3 is 0 Å². The van der Waals surface area contributed by atoms with E-state index in [1.54, 1.807) is 12.4 Å². The lowest BCUT2D eigenvalue weighted by molar-refractivity contribution is 0.392. The fourth-order valence-electron chi connectivity index (χ4n) is 2.25. The van der Waals surface area contributed by atoms with E-state index in [1.807, 2.05) is 22.5 Å². The summed E-state index contributed by atoms with van der Waals surface area (Å²) < 4.78 is 3.84. The molecule has 3 aromatic rings. The molecule has 0 saturated heterocycles. The van der Waals surface area contributed by atoms with E-state index in [9.17, 15) is 0 Å². The summed E-state index contributed by atoms with van der Waals surface area (Å²) in [6, 6.07) is 2.23. The molecular formula is C14H17N7. The Balaban J connectivity index is 1.78. The molecule has 7 nitrogen and oxygen atoms in total. The predicted molar refractivity (Wildman–Crippen MR) is 77.5 cm³/mol. The van der Waals surface area contributed by atoms with Crippen LogP contribution in [-0.2, 0) is 6.54 Å². The molecule has 0 bridgehead atoms. The Labute approximate surface area is 122 Å². The summed E-state index contributed by atoms with van der Waals surface area (Å²) in [4.78, 5) is 7.99. The molecule has 0 aliphatic heterocycles. The number of aromatic nitrogens is 7. The molecule has 108 valence electrons. The summed E-state index contributed by atoms with van der Waals surface area (Å²) in [5.41, 5.74) is 3.81. The monoisotopic (exact) mass is 283 g/mol. The third-order valence-electron chi connectivity index (χ3n) is 3.36. The average molecular weight is 283 g/mol. The van der Waals surface area contributed by atoms with Gasteiger partial charge in [0.15, 0.2) is 0 Å². The molecule has 1 atom stereocenters. The maximum Gasteiger partial charge on any atom is 0.116 e. The first-order valence-corrected chi connectivity index (χ1v) is 6.82. The predicted octanol–water partition coefficient (Wildman–Crippen LogP) is 1.81. The van der Waals surface area contributed by atoms with Gasteiger partial charge in [-0.1, -0.05) is 5.21 Å². The number of nitrogens with zero attached hydrogens (tertiary/aromatic N) is 7. The number of hydrogen-bond acceptors (Lipinski definition) is 5. The van der Waals surface area contributed by atoms with E-state index in [4.69, 9.17) is 0 Å². The Hall–Kier alpha value is -2.57. The van der Waals surface area contributed by atoms with Gasteiger partial charge in [0.2, 0.25) is 0 Å². The molecule has 21 heavy (non-hydrogen) atoms. The smallest absolute Gasteiger partial charge is 0.116 e. The standard InChI is InChI=1S/C14H17N7/c1-10-4-11(2)20(18-10)7-12(3)21-8-14(17-19-21)13-5-15-9-16-6-13/h4-6,8-9,12H,7H2,1-3H3. The quantitative estimate of drug-likeness (QED) is 0.730. The van der Waals surface area contributed by atoms with Gasteiger partial charge in [0.25, 0.3) is 0 Å². The van der Waals surface area contributed by atoms with Gasteiger partial charge in [-0.25, -0.2) is 14.6 Å². The van der Waals surface area contributed by atoms with Crippen molar-refractivity contribution < 1.29 is 0 Å². The Kier molecular flexibility index (Phi) is 3.47. The van der Waals surface area contributed by atoms with Crippen LogP contribution < -0.4 is 0 Å². The van der Waals surface area contributed by atoms with E-state index in [-0.39, 0.29) is 6.04 Å². The summed E-state index contributed by atoms with van der Waals surface area (Å²) in [5.74, 6) is 0. The highest BCUT2D eigenvalue weighted by molar-refractivity contribution is 5.54. The molecular weight excluding hydrogens is 266 g/mol. The lowest BCUT2D eigenvalue weighted by atomic mass is 10.2. The fraction of sp³-hybridized carbons (Fsp3) is 0.357. The zero-order valence-electron chi connectivity index (χ0n) is 12.3. The first-order chi connectivity index (χ1) is 10.1. The lowest BCUT2D eigenvalue weighted by Crippen LogP contribution is -2.15. The molecule has 0 aliphatic rings. The van der Waals surface area contributed by atoms with E-state index in [0.29, 0.717) is 0 Å². The van der Waals surface area contributed by atoms with Crippen molar-refractivity contribution in [1.82, 2.24) is 34.7 Å². The van der Waals surface area contributed by atoms with Crippen molar-refractivity contribution >= 4 is 0 Å². The molecule has 3 aromatic heterocycles. The van der Waals surface area contributed by atoms with Gasteiger partial charge >= 0.3 is 0 Å². The molecule has 0 aromatic carbocycles. The summed E-state index contributed by atoms with van der Waals surface area (Å²) in [7, 11) is 0. The first kappa shape index (κ1) is 13.4. The molecule has 7 heteroatoms. The fourth-order valence-corrected chi connectivity index (χ4v) is 2.25. The largest absolute Gasteiger partial charge is 0.267 e. The average Bonchev–Trinajstić information content (AvgIpc) is 3.07. The minimum Gasteiger partial charge on any atom is -0.267 e. The van der Waals surface area contributed by atoms with Crippen molar-refractivity contribution in [2.75, 3.05) is 0 Å². The lowest BCUT2D eigenvalue weighted by Gasteiger charge is -2.12. The Morgan fingerprint density at radius 1 is 1.19 bits per heavy atom. The summed E-state index contributed by atoms with van der Waals surface area (Å²) in [5, 5.41) is 12.9. The second kappa shape index (κ2) is 5.43. The van der Waals surface area contributed by atoms with Crippen molar-refractivity contribution in [2.24, 2.45) is 0 Å². The maximum atomic E-state index is 4.48.